The lowest BCUT2D eigenvalue weighted by atomic mass is 10.2. The highest BCUT2D eigenvalue weighted by molar-refractivity contribution is 9.10. The summed E-state index contributed by atoms with van der Waals surface area (Å²) in [7, 11) is 0. The number of carbonyl (C=O) groups is 1. The summed E-state index contributed by atoms with van der Waals surface area (Å²) in [5.74, 6) is 2.93. The molecule has 1 aromatic rings. The third-order valence-electron chi connectivity index (χ3n) is 1.65. The van der Waals surface area contributed by atoms with Gasteiger partial charge in [0.1, 0.15) is 5.75 Å². The second kappa shape index (κ2) is 4.83. The minimum absolute atomic E-state index is 0.354. The summed E-state index contributed by atoms with van der Waals surface area (Å²) in [5.41, 5.74) is 0.487. The molecule has 1 rings (SSSR count). The predicted molar refractivity (Wildman–Crippen MR) is 58.5 cm³/mol. The van der Waals surface area contributed by atoms with Gasteiger partial charge in [-0.05, 0) is 35.0 Å². The van der Waals surface area contributed by atoms with Crippen LogP contribution in [0.3, 0.4) is 0 Å². The van der Waals surface area contributed by atoms with E-state index in [1.54, 1.807) is 25.1 Å². The zero-order valence-electron chi connectivity index (χ0n) is 7.66. The van der Waals surface area contributed by atoms with E-state index in [-0.39, 0.29) is 6.10 Å². The van der Waals surface area contributed by atoms with Gasteiger partial charge in [-0.15, -0.1) is 6.42 Å². The highest BCUT2D eigenvalue weighted by Crippen LogP contribution is 2.28. The fraction of sp³-hybridized carbons (Fsp3) is 0.182. The number of para-hydroxylation sites is 1. The number of ether oxygens (including phenoxy) is 1. The molecular formula is C11H9BrO2. The molecule has 0 aliphatic rings. The van der Waals surface area contributed by atoms with Crippen molar-refractivity contribution in [2.45, 2.75) is 13.0 Å². The molecule has 72 valence electrons. The van der Waals surface area contributed by atoms with Crippen LogP contribution in [-0.4, -0.2) is 12.4 Å². The molecule has 0 saturated carbocycles. The van der Waals surface area contributed by atoms with E-state index in [2.05, 4.69) is 21.9 Å². The third kappa shape index (κ3) is 2.36. The van der Waals surface area contributed by atoms with Crippen molar-refractivity contribution in [3.8, 4) is 18.1 Å². The van der Waals surface area contributed by atoms with E-state index in [1.807, 2.05) is 0 Å². The van der Waals surface area contributed by atoms with Gasteiger partial charge in [-0.1, -0.05) is 12.0 Å². The van der Waals surface area contributed by atoms with Gasteiger partial charge in [-0.3, -0.25) is 4.79 Å². The van der Waals surface area contributed by atoms with E-state index in [0.717, 1.165) is 10.8 Å². The molecule has 2 nitrogen and oxygen atoms in total. The quantitative estimate of drug-likeness (QED) is 0.611. The molecule has 0 aliphatic heterocycles. The highest BCUT2D eigenvalue weighted by atomic mass is 79.9. The minimum atomic E-state index is -0.354. The molecule has 0 amide bonds. The summed E-state index contributed by atoms with van der Waals surface area (Å²) < 4.78 is 6.13. The number of benzene rings is 1. The van der Waals surface area contributed by atoms with Gasteiger partial charge < -0.3 is 4.74 Å². The van der Waals surface area contributed by atoms with Gasteiger partial charge in [0.2, 0.25) is 0 Å². The molecule has 0 saturated heterocycles. The van der Waals surface area contributed by atoms with Gasteiger partial charge in [0.15, 0.2) is 12.4 Å². The van der Waals surface area contributed by atoms with Gasteiger partial charge >= 0.3 is 0 Å². The maximum absolute atomic E-state index is 10.7. The average molecular weight is 253 g/mol. The van der Waals surface area contributed by atoms with Crippen molar-refractivity contribution in [2.24, 2.45) is 0 Å². The summed E-state index contributed by atoms with van der Waals surface area (Å²) in [4.78, 5) is 10.7. The summed E-state index contributed by atoms with van der Waals surface area (Å²) >= 11 is 3.29. The molecule has 0 bridgehead atoms. The van der Waals surface area contributed by atoms with Crippen LogP contribution in [0.4, 0.5) is 0 Å². The first kappa shape index (κ1) is 10.8. The molecule has 3 heteroatoms. The zero-order chi connectivity index (χ0) is 10.6. The van der Waals surface area contributed by atoms with Gasteiger partial charge in [0.05, 0.1) is 10.0 Å². The smallest absolute Gasteiger partial charge is 0.156 e. The molecule has 0 spiro atoms. The maximum atomic E-state index is 10.7. The summed E-state index contributed by atoms with van der Waals surface area (Å²) in [6.45, 7) is 1.74. The predicted octanol–water partition coefficient (Wildman–Crippen LogP) is 2.66. The molecule has 14 heavy (non-hydrogen) atoms. The molecule has 1 unspecified atom stereocenters. The Balaban J connectivity index is 3.06. The van der Waals surface area contributed by atoms with Crippen LogP contribution in [0.1, 0.15) is 17.3 Å². The van der Waals surface area contributed by atoms with Crippen molar-refractivity contribution >= 4 is 22.2 Å². The third-order valence-corrected chi connectivity index (χ3v) is 2.28. The number of hydrogen-bond acceptors (Lipinski definition) is 2. The van der Waals surface area contributed by atoms with Crippen LogP contribution in [0.25, 0.3) is 0 Å². The van der Waals surface area contributed by atoms with Gasteiger partial charge in [-0.25, -0.2) is 0 Å². The SMILES string of the molecule is C#CC(C)Oc1c(Br)cccc1C=O. The summed E-state index contributed by atoms with van der Waals surface area (Å²) in [5, 5.41) is 0. The van der Waals surface area contributed by atoms with Crippen molar-refractivity contribution in [1.82, 2.24) is 0 Å². The Kier molecular flexibility index (Phi) is 3.73. The highest BCUT2D eigenvalue weighted by Gasteiger charge is 2.09. The van der Waals surface area contributed by atoms with Gasteiger partial charge in [-0.2, -0.15) is 0 Å². The molecule has 0 aliphatic carbocycles. The largest absolute Gasteiger partial charge is 0.476 e. The molecule has 0 fully saturated rings. The van der Waals surface area contributed by atoms with E-state index >= 15 is 0 Å². The first-order chi connectivity index (χ1) is 6.69. The Labute approximate surface area is 91.4 Å². The number of terminal acetylenes is 1. The Morgan fingerprint density at radius 2 is 2.36 bits per heavy atom. The van der Waals surface area contributed by atoms with Crippen molar-refractivity contribution in [3.05, 3.63) is 28.2 Å². The lowest BCUT2D eigenvalue weighted by Gasteiger charge is -2.12. The fourth-order valence-corrected chi connectivity index (χ4v) is 1.43. The number of rotatable bonds is 3. The summed E-state index contributed by atoms with van der Waals surface area (Å²) in [6, 6.07) is 5.24. The summed E-state index contributed by atoms with van der Waals surface area (Å²) in [6.07, 6.45) is 5.57. The molecule has 0 aromatic heterocycles. The van der Waals surface area contributed by atoms with Gasteiger partial charge in [0.25, 0.3) is 0 Å². The minimum Gasteiger partial charge on any atom is -0.476 e. The van der Waals surface area contributed by atoms with Crippen LogP contribution in [0.15, 0.2) is 22.7 Å². The second-order valence-electron chi connectivity index (χ2n) is 2.70. The molecule has 1 atom stereocenters. The standard InChI is InChI=1S/C11H9BrO2/c1-3-8(2)14-11-9(7-13)5-4-6-10(11)12/h1,4-8H,2H3. The number of carbonyl (C=O) groups excluding carboxylic acids is 1. The topological polar surface area (TPSA) is 26.3 Å². The van der Waals surface area contributed by atoms with Crippen LogP contribution in [-0.2, 0) is 0 Å². The Morgan fingerprint density at radius 3 is 2.93 bits per heavy atom. The maximum Gasteiger partial charge on any atom is 0.156 e. The van der Waals surface area contributed by atoms with Crippen LogP contribution < -0.4 is 4.74 Å². The first-order valence-corrected chi connectivity index (χ1v) is 4.84. The molecule has 0 N–H and O–H groups in total. The molecular weight excluding hydrogens is 244 g/mol. The van der Waals surface area contributed by atoms with Crippen LogP contribution >= 0.6 is 15.9 Å². The monoisotopic (exact) mass is 252 g/mol. The fourth-order valence-electron chi connectivity index (χ4n) is 0.953. The van der Waals surface area contributed by atoms with E-state index in [9.17, 15) is 4.79 Å². The first-order valence-electron chi connectivity index (χ1n) is 4.05. The zero-order valence-corrected chi connectivity index (χ0v) is 9.24. The normalized spacial score (nSPS) is 11.5. The molecule has 1 aromatic carbocycles. The van der Waals surface area contributed by atoms with E-state index in [1.165, 1.54) is 0 Å². The Hall–Kier alpha value is -1.27. The van der Waals surface area contributed by atoms with Crippen LogP contribution in [0, 0.1) is 12.3 Å². The van der Waals surface area contributed by atoms with E-state index < -0.39 is 0 Å². The van der Waals surface area contributed by atoms with E-state index in [4.69, 9.17) is 11.2 Å². The van der Waals surface area contributed by atoms with E-state index in [0.29, 0.717) is 11.3 Å². The lowest BCUT2D eigenvalue weighted by Crippen LogP contribution is -2.10. The lowest BCUT2D eigenvalue weighted by molar-refractivity contribution is 0.111. The number of aldehydes is 1. The Bertz CT molecular complexity index is 379. The molecule has 0 radical (unpaired) electrons. The van der Waals surface area contributed by atoms with Crippen molar-refractivity contribution in [1.29, 1.82) is 0 Å². The second-order valence-corrected chi connectivity index (χ2v) is 3.56. The van der Waals surface area contributed by atoms with Crippen molar-refractivity contribution in [3.63, 3.8) is 0 Å². The number of halogens is 1. The van der Waals surface area contributed by atoms with Crippen LogP contribution in [0.2, 0.25) is 0 Å². The molecule has 0 heterocycles. The van der Waals surface area contributed by atoms with Gasteiger partial charge in [0, 0.05) is 0 Å². The number of hydrogen-bond donors (Lipinski definition) is 0. The van der Waals surface area contributed by atoms with Crippen molar-refractivity contribution in [2.75, 3.05) is 0 Å². The Morgan fingerprint density at radius 1 is 1.64 bits per heavy atom. The van der Waals surface area contributed by atoms with Crippen molar-refractivity contribution < 1.29 is 9.53 Å². The van der Waals surface area contributed by atoms with Crippen LogP contribution in [0.5, 0.6) is 5.75 Å². The average Bonchev–Trinajstić information content (AvgIpc) is 2.20.